The maximum Gasteiger partial charge on any atom is 0.0460 e. The van der Waals surface area contributed by atoms with Crippen molar-refractivity contribution in [2.75, 3.05) is 26.4 Å². The van der Waals surface area contributed by atoms with E-state index in [9.17, 15) is 0 Å². The number of aliphatic hydroxyl groups excluding tert-OH is 4. The summed E-state index contributed by atoms with van der Waals surface area (Å²) in [6.07, 6.45) is 4.26. The van der Waals surface area contributed by atoms with Crippen molar-refractivity contribution in [3.8, 4) is 0 Å². The fraction of sp³-hybridized carbons (Fsp3) is 1.00. The second-order valence-corrected chi connectivity index (χ2v) is 3.48. The number of aliphatic hydroxyl groups is 4. The van der Waals surface area contributed by atoms with E-state index in [-0.39, 0.29) is 26.4 Å². The summed E-state index contributed by atoms with van der Waals surface area (Å²) in [4.78, 5) is 0. The zero-order valence-electron chi connectivity index (χ0n) is 9.73. The van der Waals surface area contributed by atoms with Gasteiger partial charge in [0.25, 0.3) is 0 Å². The molecule has 0 aliphatic rings. The topological polar surface area (TPSA) is 80.9 Å². The molecule has 0 spiro atoms. The largest absolute Gasteiger partial charge is 0.396 e. The third-order valence-electron chi connectivity index (χ3n) is 2.19. The Hall–Kier alpha value is -0.160. The first-order valence-corrected chi connectivity index (χ1v) is 5.70. The van der Waals surface area contributed by atoms with Crippen molar-refractivity contribution in [2.45, 2.75) is 39.0 Å². The highest BCUT2D eigenvalue weighted by Crippen LogP contribution is 2.04. The van der Waals surface area contributed by atoms with Crippen LogP contribution < -0.4 is 0 Å². The lowest BCUT2D eigenvalue weighted by atomic mass is 10.1. The SMILES string of the molecule is CCC(CO)CCO.OCCCCCO. The second kappa shape index (κ2) is 16.3. The smallest absolute Gasteiger partial charge is 0.0460 e. The molecule has 0 fully saturated rings. The van der Waals surface area contributed by atoms with Gasteiger partial charge in [-0.05, 0) is 31.6 Å². The summed E-state index contributed by atoms with van der Waals surface area (Å²) < 4.78 is 0. The predicted octanol–water partition coefficient (Wildman–Crippen LogP) is 0.529. The van der Waals surface area contributed by atoms with Gasteiger partial charge in [0.15, 0.2) is 0 Å². The monoisotopic (exact) mass is 222 g/mol. The van der Waals surface area contributed by atoms with Crippen LogP contribution in [0.4, 0.5) is 0 Å². The van der Waals surface area contributed by atoms with Gasteiger partial charge in [-0.3, -0.25) is 0 Å². The van der Waals surface area contributed by atoms with Gasteiger partial charge in [-0.2, -0.15) is 0 Å². The third kappa shape index (κ3) is 16.5. The Labute approximate surface area is 92.6 Å². The van der Waals surface area contributed by atoms with E-state index in [0.717, 1.165) is 32.1 Å². The van der Waals surface area contributed by atoms with Gasteiger partial charge in [-0.15, -0.1) is 0 Å². The summed E-state index contributed by atoms with van der Waals surface area (Å²) in [5.74, 6) is 0.306. The second-order valence-electron chi connectivity index (χ2n) is 3.48. The van der Waals surface area contributed by atoms with Crippen LogP contribution >= 0.6 is 0 Å². The summed E-state index contributed by atoms with van der Waals surface area (Å²) in [7, 11) is 0. The summed E-state index contributed by atoms with van der Waals surface area (Å²) >= 11 is 0. The van der Waals surface area contributed by atoms with Crippen molar-refractivity contribution in [1.29, 1.82) is 0 Å². The van der Waals surface area contributed by atoms with Gasteiger partial charge in [0.1, 0.15) is 0 Å². The minimum absolute atomic E-state index is 0.194. The Morgan fingerprint density at radius 2 is 1.33 bits per heavy atom. The van der Waals surface area contributed by atoms with E-state index in [0.29, 0.717) is 5.92 Å². The normalized spacial score (nSPS) is 11.8. The van der Waals surface area contributed by atoms with Crippen LogP contribution in [-0.2, 0) is 0 Å². The van der Waals surface area contributed by atoms with Crippen LogP contribution in [0.25, 0.3) is 0 Å². The molecule has 94 valence electrons. The van der Waals surface area contributed by atoms with Crippen LogP contribution in [0, 0.1) is 5.92 Å². The van der Waals surface area contributed by atoms with Crippen molar-refractivity contribution in [3.05, 3.63) is 0 Å². The summed E-state index contributed by atoms with van der Waals surface area (Å²) in [6, 6.07) is 0. The van der Waals surface area contributed by atoms with E-state index in [1.807, 2.05) is 6.92 Å². The lowest BCUT2D eigenvalue weighted by molar-refractivity contribution is 0.180. The molecule has 1 unspecified atom stereocenters. The van der Waals surface area contributed by atoms with Crippen LogP contribution in [0.1, 0.15) is 39.0 Å². The molecule has 0 amide bonds. The van der Waals surface area contributed by atoms with E-state index in [2.05, 4.69) is 0 Å². The minimum atomic E-state index is 0.194. The highest BCUT2D eigenvalue weighted by atomic mass is 16.3. The molecule has 0 aromatic heterocycles. The molecule has 4 N–H and O–H groups in total. The van der Waals surface area contributed by atoms with E-state index in [4.69, 9.17) is 20.4 Å². The minimum Gasteiger partial charge on any atom is -0.396 e. The van der Waals surface area contributed by atoms with Crippen LogP contribution in [-0.4, -0.2) is 46.9 Å². The Balaban J connectivity index is 0. The first-order chi connectivity index (χ1) is 7.26. The van der Waals surface area contributed by atoms with Crippen LogP contribution in [0.2, 0.25) is 0 Å². The highest BCUT2D eigenvalue weighted by molar-refractivity contribution is 4.52. The van der Waals surface area contributed by atoms with E-state index < -0.39 is 0 Å². The van der Waals surface area contributed by atoms with Gasteiger partial charge in [0.2, 0.25) is 0 Å². The Morgan fingerprint density at radius 3 is 1.53 bits per heavy atom. The molecule has 4 heteroatoms. The highest BCUT2D eigenvalue weighted by Gasteiger charge is 2.00. The average Bonchev–Trinajstić information content (AvgIpc) is 2.27. The van der Waals surface area contributed by atoms with Crippen molar-refractivity contribution in [3.63, 3.8) is 0 Å². The predicted molar refractivity (Wildman–Crippen MR) is 60.6 cm³/mol. The number of hydrogen-bond donors (Lipinski definition) is 4. The van der Waals surface area contributed by atoms with Gasteiger partial charge in [0, 0.05) is 26.4 Å². The maximum atomic E-state index is 8.55. The lowest BCUT2D eigenvalue weighted by Crippen LogP contribution is -2.05. The average molecular weight is 222 g/mol. The zero-order valence-corrected chi connectivity index (χ0v) is 9.73. The molecule has 0 aliphatic heterocycles. The molecular formula is C11H26O4. The molecule has 0 aromatic rings. The molecule has 0 bridgehead atoms. The van der Waals surface area contributed by atoms with Gasteiger partial charge >= 0.3 is 0 Å². The quantitative estimate of drug-likeness (QED) is 0.452. The first-order valence-electron chi connectivity index (χ1n) is 5.70. The van der Waals surface area contributed by atoms with Gasteiger partial charge in [0.05, 0.1) is 0 Å². The summed E-state index contributed by atoms with van der Waals surface area (Å²) in [6.45, 7) is 2.91. The molecule has 1 atom stereocenters. The van der Waals surface area contributed by atoms with E-state index in [1.165, 1.54) is 0 Å². The molecule has 0 aromatic carbocycles. The van der Waals surface area contributed by atoms with Gasteiger partial charge < -0.3 is 20.4 Å². The molecule has 0 aliphatic carbocycles. The van der Waals surface area contributed by atoms with E-state index >= 15 is 0 Å². The fourth-order valence-corrected chi connectivity index (χ4v) is 1.01. The van der Waals surface area contributed by atoms with Crippen LogP contribution in [0.3, 0.4) is 0 Å². The van der Waals surface area contributed by atoms with Crippen LogP contribution in [0.15, 0.2) is 0 Å². The van der Waals surface area contributed by atoms with Gasteiger partial charge in [-0.1, -0.05) is 13.3 Å². The molecular weight excluding hydrogens is 196 g/mol. The third-order valence-corrected chi connectivity index (χ3v) is 2.19. The van der Waals surface area contributed by atoms with Gasteiger partial charge in [-0.25, -0.2) is 0 Å². The maximum absolute atomic E-state index is 8.55. The Bertz CT molecular complexity index is 90.6. The molecule has 0 rings (SSSR count). The summed E-state index contributed by atoms with van der Waals surface area (Å²) in [5.41, 5.74) is 0. The standard InChI is InChI=1S/C6H14O2.C5H12O2/c1-2-6(5-8)3-4-7;6-4-2-1-3-5-7/h6-8H,2-5H2,1H3;6-7H,1-5H2. The molecule has 0 radical (unpaired) electrons. The fourth-order valence-electron chi connectivity index (χ4n) is 1.01. The lowest BCUT2D eigenvalue weighted by Gasteiger charge is -2.06. The van der Waals surface area contributed by atoms with Crippen molar-refractivity contribution < 1.29 is 20.4 Å². The van der Waals surface area contributed by atoms with Crippen LogP contribution in [0.5, 0.6) is 0 Å². The number of hydrogen-bond acceptors (Lipinski definition) is 4. The molecule has 0 saturated carbocycles. The van der Waals surface area contributed by atoms with Crippen molar-refractivity contribution in [1.82, 2.24) is 0 Å². The number of rotatable bonds is 8. The number of unbranched alkanes of at least 4 members (excludes halogenated alkanes) is 2. The van der Waals surface area contributed by atoms with E-state index in [1.54, 1.807) is 0 Å². The molecule has 0 saturated heterocycles. The first kappa shape index (κ1) is 17.2. The Morgan fingerprint density at radius 1 is 0.800 bits per heavy atom. The summed E-state index contributed by atoms with van der Waals surface area (Å²) in [5, 5.41) is 33.4. The van der Waals surface area contributed by atoms with Crippen molar-refractivity contribution in [2.24, 2.45) is 5.92 Å². The molecule has 0 heterocycles. The molecule has 15 heavy (non-hydrogen) atoms. The Kier molecular flexibility index (Phi) is 18.7. The zero-order chi connectivity index (χ0) is 11.9. The van der Waals surface area contributed by atoms with Crippen molar-refractivity contribution >= 4 is 0 Å². The molecule has 4 nitrogen and oxygen atoms in total.